The van der Waals surface area contributed by atoms with E-state index in [9.17, 15) is 9.90 Å². The zero-order valence-electron chi connectivity index (χ0n) is 21.7. The number of benzene rings is 2. The van der Waals surface area contributed by atoms with E-state index in [1.807, 2.05) is 30.3 Å². The molecular weight excluding hydrogens is 468 g/mol. The second-order valence-electron chi connectivity index (χ2n) is 11.5. The average Bonchev–Trinajstić information content (AvgIpc) is 3.16. The minimum Gasteiger partial charge on any atom is -0.465 e. The van der Waals surface area contributed by atoms with Crippen LogP contribution in [-0.4, -0.2) is 55.3 Å². The highest BCUT2D eigenvalue weighted by Crippen LogP contribution is 2.45. The molecule has 2 saturated heterocycles. The number of rotatable bonds is 6. The fraction of sp³-hybridized carbons (Fsp3) is 0.517. The summed E-state index contributed by atoms with van der Waals surface area (Å²) in [5, 5.41) is 12.5. The normalized spacial score (nSPS) is 24.4. The highest BCUT2D eigenvalue weighted by atomic mass is 32.2. The van der Waals surface area contributed by atoms with Gasteiger partial charge < -0.3 is 15.0 Å². The van der Waals surface area contributed by atoms with Gasteiger partial charge >= 0.3 is 6.09 Å². The molecule has 2 bridgehead atoms. The summed E-state index contributed by atoms with van der Waals surface area (Å²) in [7, 11) is 0. The van der Waals surface area contributed by atoms with Crippen molar-refractivity contribution in [1.29, 1.82) is 0 Å². The van der Waals surface area contributed by atoms with Crippen LogP contribution in [0.4, 0.5) is 4.79 Å². The lowest BCUT2D eigenvalue weighted by Gasteiger charge is -2.55. The maximum atomic E-state index is 11.8. The average molecular weight is 507 g/mol. The Kier molecular flexibility index (Phi) is 7.05. The molecule has 0 radical (unpaired) electrons. The molecule has 2 aliphatic heterocycles. The predicted molar refractivity (Wildman–Crippen MR) is 148 cm³/mol. The molecule has 2 fully saturated rings. The number of carbonyl (C=O) groups is 1. The standard InChI is InChI=1S/C29H38N4O2S/c1-19-30-24-12-8-9-13-26(24)32(19)21-14-22-17-36-18-23(15-21)33(22)27(29(2,3)4)16-25(31-28(34)35)20-10-6-5-7-11-20/h5-13,21-23,25,27,31H,14-18H2,1-4H3,(H,34,35)/t21?,22?,23?,25-,27?/m0/s1. The maximum Gasteiger partial charge on any atom is 0.405 e. The summed E-state index contributed by atoms with van der Waals surface area (Å²) in [6, 6.07) is 19.9. The van der Waals surface area contributed by atoms with Crippen LogP contribution in [0.2, 0.25) is 0 Å². The zero-order chi connectivity index (χ0) is 25.4. The molecule has 0 spiro atoms. The van der Waals surface area contributed by atoms with Crippen molar-refractivity contribution in [2.45, 2.75) is 77.2 Å². The molecule has 2 N–H and O–H groups in total. The van der Waals surface area contributed by atoms with Gasteiger partial charge in [0.2, 0.25) is 0 Å². The van der Waals surface area contributed by atoms with Crippen molar-refractivity contribution < 1.29 is 9.90 Å². The number of piperidine rings is 1. The van der Waals surface area contributed by atoms with Gasteiger partial charge in [0.1, 0.15) is 5.82 Å². The van der Waals surface area contributed by atoms with Gasteiger partial charge in [0.05, 0.1) is 17.1 Å². The topological polar surface area (TPSA) is 70.4 Å². The number of aryl methyl sites for hydroxylation is 1. The first-order valence-corrected chi connectivity index (χ1v) is 14.2. The maximum absolute atomic E-state index is 11.8. The zero-order valence-corrected chi connectivity index (χ0v) is 22.5. The van der Waals surface area contributed by atoms with E-state index in [0.29, 0.717) is 18.1 Å². The number of hydrogen-bond acceptors (Lipinski definition) is 4. The first-order valence-electron chi connectivity index (χ1n) is 13.1. The van der Waals surface area contributed by atoms with Crippen LogP contribution in [0.5, 0.6) is 0 Å². The molecule has 2 aliphatic rings. The van der Waals surface area contributed by atoms with E-state index in [-0.39, 0.29) is 17.5 Å². The third kappa shape index (κ3) is 5.00. The van der Waals surface area contributed by atoms with E-state index >= 15 is 0 Å². The Morgan fingerprint density at radius 3 is 2.33 bits per heavy atom. The molecule has 7 heteroatoms. The van der Waals surface area contributed by atoms with E-state index in [2.05, 4.69) is 78.5 Å². The van der Waals surface area contributed by atoms with Crippen LogP contribution in [0.15, 0.2) is 54.6 Å². The molecule has 3 heterocycles. The summed E-state index contributed by atoms with van der Waals surface area (Å²) in [6.07, 6.45) is 1.99. The number of para-hydroxylation sites is 2. The van der Waals surface area contributed by atoms with Gasteiger partial charge in [0.15, 0.2) is 0 Å². The van der Waals surface area contributed by atoms with Crippen molar-refractivity contribution in [2.75, 3.05) is 11.5 Å². The summed E-state index contributed by atoms with van der Waals surface area (Å²) in [5.41, 5.74) is 3.36. The Hall–Kier alpha value is -2.51. The number of fused-ring (bicyclic) bond motifs is 3. The van der Waals surface area contributed by atoms with Gasteiger partial charge in [-0.15, -0.1) is 0 Å². The summed E-state index contributed by atoms with van der Waals surface area (Å²) in [6.45, 7) is 9.06. The van der Waals surface area contributed by atoms with Crippen LogP contribution in [-0.2, 0) is 0 Å². The van der Waals surface area contributed by atoms with E-state index in [0.717, 1.165) is 47.7 Å². The van der Waals surface area contributed by atoms with Crippen LogP contribution in [0.25, 0.3) is 11.0 Å². The molecule has 2 aromatic carbocycles. The molecule has 3 aromatic rings. The van der Waals surface area contributed by atoms with Gasteiger partial charge in [0.25, 0.3) is 0 Å². The van der Waals surface area contributed by atoms with Crippen LogP contribution in [0.1, 0.15) is 63.5 Å². The Morgan fingerprint density at radius 1 is 1.06 bits per heavy atom. The van der Waals surface area contributed by atoms with Crippen LogP contribution in [0.3, 0.4) is 0 Å². The van der Waals surface area contributed by atoms with Gasteiger partial charge in [-0.2, -0.15) is 11.8 Å². The molecule has 6 nitrogen and oxygen atoms in total. The lowest BCUT2D eigenvalue weighted by molar-refractivity contribution is -0.0198. The lowest BCUT2D eigenvalue weighted by Crippen LogP contribution is -2.62. The number of imidazole rings is 1. The van der Waals surface area contributed by atoms with Gasteiger partial charge in [-0.25, -0.2) is 9.78 Å². The van der Waals surface area contributed by atoms with E-state index in [4.69, 9.17) is 4.98 Å². The fourth-order valence-corrected chi connectivity index (χ4v) is 7.82. The summed E-state index contributed by atoms with van der Waals surface area (Å²) in [5.74, 6) is 3.34. The number of nitrogens with one attached hydrogen (secondary N) is 1. The molecule has 192 valence electrons. The fourth-order valence-electron chi connectivity index (χ4n) is 6.52. The van der Waals surface area contributed by atoms with Crippen LogP contribution < -0.4 is 5.32 Å². The quantitative estimate of drug-likeness (QED) is 0.412. The van der Waals surface area contributed by atoms with Crippen molar-refractivity contribution in [1.82, 2.24) is 19.8 Å². The van der Waals surface area contributed by atoms with Crippen LogP contribution in [0, 0.1) is 12.3 Å². The molecule has 0 saturated carbocycles. The number of aromatic nitrogens is 2. The number of hydrogen-bond donors (Lipinski definition) is 2. The number of thioether (sulfide) groups is 1. The number of carboxylic acid groups (broad SMARTS) is 1. The smallest absolute Gasteiger partial charge is 0.405 e. The Balaban J connectivity index is 1.45. The minimum atomic E-state index is -0.964. The van der Waals surface area contributed by atoms with Gasteiger partial charge in [-0.05, 0) is 49.3 Å². The Morgan fingerprint density at radius 2 is 1.69 bits per heavy atom. The van der Waals surface area contributed by atoms with E-state index in [1.54, 1.807) is 0 Å². The summed E-state index contributed by atoms with van der Waals surface area (Å²) >= 11 is 2.08. The van der Waals surface area contributed by atoms with Gasteiger partial charge in [-0.1, -0.05) is 63.2 Å². The Labute approximate surface area is 218 Å². The molecule has 4 atom stereocenters. The first-order chi connectivity index (χ1) is 17.2. The SMILES string of the molecule is Cc1nc2ccccc2n1C1CC2CSCC(C1)N2C(C[C@H](NC(=O)O)c1ccccc1)C(C)(C)C. The number of nitrogens with zero attached hydrogens (tertiary/aromatic N) is 3. The highest BCUT2D eigenvalue weighted by molar-refractivity contribution is 7.99. The van der Waals surface area contributed by atoms with Crippen LogP contribution >= 0.6 is 11.8 Å². The summed E-state index contributed by atoms with van der Waals surface area (Å²) in [4.78, 5) is 19.4. The van der Waals surface area contributed by atoms with Crippen molar-refractivity contribution in [2.24, 2.45) is 5.41 Å². The second kappa shape index (κ2) is 10.1. The Bertz CT molecular complexity index is 1190. The van der Waals surface area contributed by atoms with Gasteiger partial charge in [-0.3, -0.25) is 4.90 Å². The molecule has 3 unspecified atom stereocenters. The first kappa shape index (κ1) is 25.2. The van der Waals surface area contributed by atoms with Crippen molar-refractivity contribution in [3.05, 3.63) is 66.0 Å². The van der Waals surface area contributed by atoms with E-state index < -0.39 is 6.09 Å². The summed E-state index contributed by atoms with van der Waals surface area (Å²) < 4.78 is 2.48. The molecule has 1 aromatic heterocycles. The number of amides is 1. The molecule has 0 aliphatic carbocycles. The largest absolute Gasteiger partial charge is 0.465 e. The minimum absolute atomic E-state index is 0.0101. The molecule has 36 heavy (non-hydrogen) atoms. The van der Waals surface area contributed by atoms with Crippen molar-refractivity contribution in [3.63, 3.8) is 0 Å². The molecular formula is C29H38N4O2S. The van der Waals surface area contributed by atoms with E-state index in [1.165, 1.54) is 5.52 Å². The third-order valence-corrected chi connectivity index (χ3v) is 9.25. The second-order valence-corrected chi connectivity index (χ2v) is 12.5. The van der Waals surface area contributed by atoms with Crippen molar-refractivity contribution >= 4 is 28.9 Å². The van der Waals surface area contributed by atoms with Crippen molar-refractivity contribution in [3.8, 4) is 0 Å². The predicted octanol–water partition coefficient (Wildman–Crippen LogP) is 6.28. The molecule has 1 amide bonds. The van der Waals surface area contributed by atoms with Gasteiger partial charge in [0, 0.05) is 35.7 Å². The highest BCUT2D eigenvalue weighted by Gasteiger charge is 2.46. The monoisotopic (exact) mass is 506 g/mol. The lowest BCUT2D eigenvalue weighted by atomic mass is 9.77. The third-order valence-electron chi connectivity index (χ3n) is 8.01. The molecule has 5 rings (SSSR count).